The van der Waals surface area contributed by atoms with Gasteiger partial charge >= 0.3 is 6.18 Å². The Bertz CT molecular complexity index is 1500. The topological polar surface area (TPSA) is 76.9 Å². The fourth-order valence-electron chi connectivity index (χ4n) is 4.16. The van der Waals surface area contributed by atoms with E-state index in [9.17, 15) is 17.6 Å². The number of hydrogen-bond acceptors (Lipinski definition) is 4. The normalized spacial score (nSPS) is 14.8. The van der Waals surface area contributed by atoms with Gasteiger partial charge in [-0.05, 0) is 29.8 Å². The fourth-order valence-corrected chi connectivity index (χ4v) is 4.16. The standard InChI is InChI=1S/C24H15F5N4O/c25-13-9-16(26)20-18(10-13)34-23-21(19(20)12-4-3-5-14(30)8-12)22(31)33(11-32-23)17-7-2-1-6-15(17)24(27,28)29/h1-11,19,31H,30H2. The molecule has 1 aliphatic heterocycles. The SMILES string of the molecule is N=c1c2c(ncn1-c1ccccc1C(F)(F)F)Oc1cc(F)cc(F)c1C2c1cccc(N)c1. The average Bonchev–Trinajstić information content (AvgIpc) is 2.77. The Morgan fingerprint density at radius 3 is 2.47 bits per heavy atom. The lowest BCUT2D eigenvalue weighted by Crippen LogP contribution is -2.30. The van der Waals surface area contributed by atoms with Crippen LogP contribution < -0.4 is 16.0 Å². The molecule has 172 valence electrons. The van der Waals surface area contributed by atoms with Gasteiger partial charge in [0.05, 0.1) is 16.8 Å². The zero-order valence-corrected chi connectivity index (χ0v) is 17.2. The van der Waals surface area contributed by atoms with Crippen LogP contribution in [0.25, 0.3) is 5.69 Å². The van der Waals surface area contributed by atoms with Crippen molar-refractivity contribution in [3.05, 3.63) is 106 Å². The van der Waals surface area contributed by atoms with Gasteiger partial charge in [0.2, 0.25) is 5.88 Å². The van der Waals surface area contributed by atoms with Gasteiger partial charge in [0.15, 0.2) is 0 Å². The van der Waals surface area contributed by atoms with Crippen LogP contribution in [0.3, 0.4) is 0 Å². The van der Waals surface area contributed by atoms with Crippen LogP contribution in [0, 0.1) is 17.0 Å². The number of nitrogens with one attached hydrogen (secondary N) is 1. The minimum absolute atomic E-state index is 0.0167. The Kier molecular flexibility index (Phi) is 4.89. The first kappa shape index (κ1) is 21.6. The highest BCUT2D eigenvalue weighted by Gasteiger charge is 2.37. The third kappa shape index (κ3) is 3.47. The van der Waals surface area contributed by atoms with Crippen LogP contribution in [0.5, 0.6) is 11.6 Å². The first-order valence-corrected chi connectivity index (χ1v) is 10.00. The number of nitrogen functional groups attached to an aromatic ring is 1. The molecule has 4 aromatic rings. The molecule has 5 rings (SSSR count). The Labute approximate surface area is 189 Å². The summed E-state index contributed by atoms with van der Waals surface area (Å²) in [6, 6.07) is 12.8. The Morgan fingerprint density at radius 1 is 0.971 bits per heavy atom. The number of ether oxygens (including phenoxy) is 1. The molecule has 0 fully saturated rings. The summed E-state index contributed by atoms with van der Waals surface area (Å²) in [5, 5.41) is 8.80. The van der Waals surface area contributed by atoms with Crippen LogP contribution in [0.1, 0.15) is 28.2 Å². The molecule has 0 bridgehead atoms. The number of nitrogens with zero attached hydrogens (tertiary/aromatic N) is 2. The van der Waals surface area contributed by atoms with E-state index in [1.807, 2.05) is 0 Å². The van der Waals surface area contributed by atoms with E-state index in [4.69, 9.17) is 15.9 Å². The van der Waals surface area contributed by atoms with Gasteiger partial charge in [-0.15, -0.1) is 0 Å². The van der Waals surface area contributed by atoms with E-state index < -0.39 is 34.8 Å². The van der Waals surface area contributed by atoms with Crippen LogP contribution in [0.4, 0.5) is 27.6 Å². The Hall–Kier alpha value is -4.21. The molecule has 1 aromatic heterocycles. The number of para-hydroxylation sites is 1. The van der Waals surface area contributed by atoms with Crippen LogP contribution in [0.2, 0.25) is 0 Å². The molecular formula is C24H15F5N4O. The Morgan fingerprint density at radius 2 is 1.74 bits per heavy atom. The van der Waals surface area contributed by atoms with Gasteiger partial charge in [0, 0.05) is 29.3 Å². The summed E-state index contributed by atoms with van der Waals surface area (Å²) in [7, 11) is 0. The summed E-state index contributed by atoms with van der Waals surface area (Å²) < 4.78 is 76.5. The lowest BCUT2D eigenvalue weighted by Gasteiger charge is -2.29. The van der Waals surface area contributed by atoms with Crippen LogP contribution in [-0.2, 0) is 6.18 Å². The van der Waals surface area contributed by atoms with E-state index in [1.54, 1.807) is 24.3 Å². The number of fused-ring (bicyclic) bond motifs is 2. The molecule has 0 radical (unpaired) electrons. The summed E-state index contributed by atoms with van der Waals surface area (Å²) in [5.41, 5.74) is 4.95. The van der Waals surface area contributed by atoms with Crippen molar-refractivity contribution in [2.75, 3.05) is 5.73 Å². The third-order valence-electron chi connectivity index (χ3n) is 5.57. The molecule has 3 aromatic carbocycles. The molecule has 1 aliphatic rings. The number of halogens is 5. The van der Waals surface area contributed by atoms with Crippen molar-refractivity contribution in [3.63, 3.8) is 0 Å². The van der Waals surface area contributed by atoms with Crippen molar-refractivity contribution < 1.29 is 26.7 Å². The van der Waals surface area contributed by atoms with Crippen LogP contribution >= 0.6 is 0 Å². The van der Waals surface area contributed by atoms with E-state index in [0.29, 0.717) is 17.3 Å². The van der Waals surface area contributed by atoms with Gasteiger partial charge in [0.25, 0.3) is 0 Å². The molecule has 0 saturated carbocycles. The molecule has 0 saturated heterocycles. The van der Waals surface area contributed by atoms with Gasteiger partial charge in [-0.3, -0.25) is 9.98 Å². The number of aromatic nitrogens is 2. The fraction of sp³-hybridized carbons (Fsp3) is 0.0833. The van der Waals surface area contributed by atoms with Crippen molar-refractivity contribution in [3.8, 4) is 17.3 Å². The lowest BCUT2D eigenvalue weighted by molar-refractivity contribution is -0.137. The molecule has 10 heteroatoms. The minimum atomic E-state index is -4.69. The molecular weight excluding hydrogens is 455 g/mol. The van der Waals surface area contributed by atoms with Crippen LogP contribution in [0.15, 0.2) is 67.0 Å². The van der Waals surface area contributed by atoms with Gasteiger partial charge in [-0.25, -0.2) is 13.8 Å². The molecule has 0 amide bonds. The summed E-state index contributed by atoms with van der Waals surface area (Å²) >= 11 is 0. The van der Waals surface area contributed by atoms with E-state index >= 15 is 4.39 Å². The predicted molar refractivity (Wildman–Crippen MR) is 113 cm³/mol. The van der Waals surface area contributed by atoms with E-state index in [-0.39, 0.29) is 28.4 Å². The molecule has 1 atom stereocenters. The number of anilines is 1. The maximum Gasteiger partial charge on any atom is 0.418 e. The van der Waals surface area contributed by atoms with E-state index in [2.05, 4.69) is 4.98 Å². The minimum Gasteiger partial charge on any atom is -0.438 e. The second-order valence-corrected chi connectivity index (χ2v) is 7.70. The lowest BCUT2D eigenvalue weighted by atomic mass is 9.83. The third-order valence-corrected chi connectivity index (χ3v) is 5.57. The van der Waals surface area contributed by atoms with Crippen molar-refractivity contribution in [2.24, 2.45) is 0 Å². The zero-order chi connectivity index (χ0) is 24.2. The molecule has 3 N–H and O–H groups in total. The van der Waals surface area contributed by atoms with Crippen molar-refractivity contribution in [1.29, 1.82) is 5.41 Å². The summed E-state index contributed by atoms with van der Waals surface area (Å²) in [6.07, 6.45) is -3.67. The van der Waals surface area contributed by atoms with Crippen molar-refractivity contribution in [1.82, 2.24) is 9.55 Å². The van der Waals surface area contributed by atoms with E-state index in [0.717, 1.165) is 23.0 Å². The number of alkyl halides is 3. The molecule has 1 unspecified atom stereocenters. The Balaban J connectivity index is 1.82. The monoisotopic (exact) mass is 470 g/mol. The maximum atomic E-state index is 15.0. The number of hydrogen-bond donors (Lipinski definition) is 2. The molecule has 0 spiro atoms. The summed E-state index contributed by atoms with van der Waals surface area (Å²) in [5.74, 6) is -3.12. The summed E-state index contributed by atoms with van der Waals surface area (Å²) in [4.78, 5) is 4.11. The molecule has 0 aliphatic carbocycles. The highest BCUT2D eigenvalue weighted by atomic mass is 19.4. The van der Waals surface area contributed by atoms with Gasteiger partial charge in [-0.2, -0.15) is 13.2 Å². The van der Waals surface area contributed by atoms with Gasteiger partial charge < -0.3 is 10.5 Å². The van der Waals surface area contributed by atoms with Crippen molar-refractivity contribution in [2.45, 2.75) is 12.1 Å². The summed E-state index contributed by atoms with van der Waals surface area (Å²) in [6.45, 7) is 0. The largest absolute Gasteiger partial charge is 0.438 e. The maximum absolute atomic E-state index is 15.0. The number of benzene rings is 3. The highest BCUT2D eigenvalue weighted by molar-refractivity contribution is 5.58. The first-order chi connectivity index (χ1) is 16.1. The zero-order valence-electron chi connectivity index (χ0n) is 17.2. The van der Waals surface area contributed by atoms with Crippen molar-refractivity contribution >= 4 is 5.69 Å². The van der Waals surface area contributed by atoms with E-state index in [1.165, 1.54) is 18.2 Å². The molecule has 5 nitrogen and oxygen atoms in total. The predicted octanol–water partition coefficient (Wildman–Crippen LogP) is 5.52. The molecule has 2 heterocycles. The highest BCUT2D eigenvalue weighted by Crippen LogP contribution is 2.47. The van der Waals surface area contributed by atoms with Crippen LogP contribution in [-0.4, -0.2) is 9.55 Å². The smallest absolute Gasteiger partial charge is 0.418 e. The second-order valence-electron chi connectivity index (χ2n) is 7.70. The average molecular weight is 470 g/mol. The second kappa shape index (κ2) is 7.68. The first-order valence-electron chi connectivity index (χ1n) is 10.00. The number of rotatable bonds is 2. The number of nitrogens with two attached hydrogens (primary N) is 1. The molecule has 34 heavy (non-hydrogen) atoms. The van der Waals surface area contributed by atoms with Gasteiger partial charge in [-0.1, -0.05) is 24.3 Å². The van der Waals surface area contributed by atoms with Gasteiger partial charge in [0.1, 0.15) is 29.2 Å². The quantitative estimate of drug-likeness (QED) is 0.264.